The van der Waals surface area contributed by atoms with Crippen LogP contribution >= 0.6 is 0 Å². The Morgan fingerprint density at radius 1 is 1.23 bits per heavy atom. The lowest BCUT2D eigenvalue weighted by Gasteiger charge is -2.35. The number of carbonyl (C=O) groups excluding carboxylic acids is 1. The maximum absolute atomic E-state index is 12.8. The summed E-state index contributed by atoms with van der Waals surface area (Å²) < 4.78 is 5.46. The van der Waals surface area contributed by atoms with Gasteiger partial charge in [-0.2, -0.15) is 0 Å². The summed E-state index contributed by atoms with van der Waals surface area (Å²) in [5.74, 6) is -0.0653. The Hall–Kier alpha value is -1.55. The van der Waals surface area contributed by atoms with Gasteiger partial charge >= 0.3 is 5.97 Å². The maximum atomic E-state index is 12.8. The van der Waals surface area contributed by atoms with Gasteiger partial charge in [-0.1, -0.05) is 31.0 Å². The summed E-state index contributed by atoms with van der Waals surface area (Å²) in [6.07, 6.45) is 7.04. The predicted molar refractivity (Wildman–Crippen MR) is 85.3 cm³/mol. The molecule has 1 unspecified atom stereocenters. The monoisotopic (exact) mass is 300 g/mol. The fraction of sp³-hybridized carbons (Fsp3) is 0.611. The number of anilines is 1. The van der Waals surface area contributed by atoms with Crippen molar-refractivity contribution in [2.75, 3.05) is 11.6 Å². The van der Waals surface area contributed by atoms with Crippen LogP contribution in [0.2, 0.25) is 0 Å². The van der Waals surface area contributed by atoms with Crippen LogP contribution in [-0.2, 0) is 9.53 Å². The van der Waals surface area contributed by atoms with Crippen LogP contribution < -0.4 is 10.4 Å². The van der Waals surface area contributed by atoms with Gasteiger partial charge in [0, 0.05) is 11.0 Å². The van der Waals surface area contributed by atoms with Gasteiger partial charge in [-0.15, -0.1) is 0 Å². The number of hydrazine groups is 1. The van der Waals surface area contributed by atoms with Crippen LogP contribution in [0.25, 0.3) is 0 Å². The molecule has 2 aliphatic carbocycles. The summed E-state index contributed by atoms with van der Waals surface area (Å²) in [4.78, 5) is 12.8. The van der Waals surface area contributed by atoms with Crippen molar-refractivity contribution in [3.05, 3.63) is 30.3 Å². The van der Waals surface area contributed by atoms with Crippen molar-refractivity contribution in [2.45, 2.75) is 57.0 Å². The number of nitrogens with zero attached hydrogens (tertiary/aromatic N) is 1. The third-order valence-electron chi connectivity index (χ3n) is 6.07. The normalized spacial score (nSPS) is 36.2. The third kappa shape index (κ3) is 1.70. The molecule has 3 aliphatic rings. The Bertz CT molecular complexity index is 562. The van der Waals surface area contributed by atoms with Gasteiger partial charge in [-0.3, -0.25) is 5.01 Å². The number of rotatable bonds is 3. The molecule has 118 valence electrons. The number of esters is 1. The van der Waals surface area contributed by atoms with Crippen molar-refractivity contribution in [1.29, 1.82) is 0 Å². The van der Waals surface area contributed by atoms with E-state index in [0.29, 0.717) is 6.61 Å². The first-order valence-electron chi connectivity index (χ1n) is 8.51. The van der Waals surface area contributed by atoms with E-state index in [0.717, 1.165) is 18.5 Å². The van der Waals surface area contributed by atoms with Crippen LogP contribution in [0, 0.1) is 5.41 Å². The van der Waals surface area contributed by atoms with Gasteiger partial charge in [0.1, 0.15) is 0 Å². The molecule has 1 aliphatic heterocycles. The molecule has 0 bridgehead atoms. The number of nitrogens with one attached hydrogen (secondary N) is 1. The fourth-order valence-electron chi connectivity index (χ4n) is 5.29. The third-order valence-corrected chi connectivity index (χ3v) is 6.07. The van der Waals surface area contributed by atoms with Crippen molar-refractivity contribution in [3.8, 4) is 0 Å². The number of carbonyl (C=O) groups is 1. The minimum atomic E-state index is -0.195. The van der Waals surface area contributed by atoms with Gasteiger partial charge in [-0.05, 0) is 44.7 Å². The van der Waals surface area contributed by atoms with Crippen molar-refractivity contribution in [2.24, 2.45) is 5.41 Å². The molecule has 4 heteroatoms. The SMILES string of the molecule is CCOC(=O)C1N(c2ccccc2)NC23CCCC12CCC3. The largest absolute Gasteiger partial charge is 0.464 e. The highest BCUT2D eigenvalue weighted by molar-refractivity contribution is 5.83. The van der Waals surface area contributed by atoms with E-state index in [1.807, 2.05) is 25.1 Å². The van der Waals surface area contributed by atoms with E-state index < -0.39 is 0 Å². The molecule has 0 aromatic heterocycles. The average molecular weight is 300 g/mol. The Balaban J connectivity index is 1.78. The Morgan fingerprint density at radius 3 is 2.55 bits per heavy atom. The van der Waals surface area contributed by atoms with E-state index in [9.17, 15) is 4.79 Å². The maximum Gasteiger partial charge on any atom is 0.331 e. The van der Waals surface area contributed by atoms with E-state index in [1.54, 1.807) is 0 Å². The summed E-state index contributed by atoms with van der Waals surface area (Å²) >= 11 is 0. The summed E-state index contributed by atoms with van der Waals surface area (Å²) in [5.41, 5.74) is 4.97. The van der Waals surface area contributed by atoms with Gasteiger partial charge in [0.25, 0.3) is 0 Å². The Morgan fingerprint density at radius 2 is 1.91 bits per heavy atom. The second-order valence-corrected chi connectivity index (χ2v) is 6.92. The molecule has 1 aromatic carbocycles. The first-order chi connectivity index (χ1) is 10.7. The van der Waals surface area contributed by atoms with Gasteiger partial charge in [0.05, 0.1) is 12.3 Å². The van der Waals surface area contributed by atoms with Crippen LogP contribution in [0.5, 0.6) is 0 Å². The number of ether oxygens (including phenoxy) is 1. The number of hydrogen-bond donors (Lipinski definition) is 1. The van der Waals surface area contributed by atoms with E-state index in [2.05, 4.69) is 22.6 Å². The van der Waals surface area contributed by atoms with Crippen LogP contribution in [0.4, 0.5) is 5.69 Å². The highest BCUT2D eigenvalue weighted by Gasteiger charge is 2.69. The summed E-state index contributed by atoms with van der Waals surface area (Å²) in [7, 11) is 0. The lowest BCUT2D eigenvalue weighted by molar-refractivity contribution is -0.147. The average Bonchev–Trinajstić information content (AvgIpc) is 3.09. The molecule has 1 atom stereocenters. The fourth-order valence-corrected chi connectivity index (χ4v) is 5.29. The van der Waals surface area contributed by atoms with Gasteiger partial charge in [0.2, 0.25) is 0 Å². The zero-order valence-electron chi connectivity index (χ0n) is 13.2. The lowest BCUT2D eigenvalue weighted by Crippen LogP contribution is -2.48. The van der Waals surface area contributed by atoms with E-state index in [4.69, 9.17) is 4.74 Å². The molecule has 1 heterocycles. The molecule has 1 saturated heterocycles. The zero-order chi connectivity index (χ0) is 15.2. The molecule has 0 amide bonds. The van der Waals surface area contributed by atoms with Crippen molar-refractivity contribution in [1.82, 2.24) is 5.43 Å². The summed E-state index contributed by atoms with van der Waals surface area (Å²) in [6.45, 7) is 2.34. The molecule has 0 radical (unpaired) electrons. The second-order valence-electron chi connectivity index (χ2n) is 6.92. The molecule has 1 aromatic rings. The first-order valence-corrected chi connectivity index (χ1v) is 8.51. The molecule has 1 N–H and O–H groups in total. The van der Waals surface area contributed by atoms with Crippen molar-refractivity contribution < 1.29 is 9.53 Å². The molecular formula is C18H24N2O2. The van der Waals surface area contributed by atoms with Crippen LogP contribution in [0.15, 0.2) is 30.3 Å². The van der Waals surface area contributed by atoms with Gasteiger partial charge in [-0.25, -0.2) is 10.2 Å². The molecular weight excluding hydrogens is 276 g/mol. The van der Waals surface area contributed by atoms with Crippen molar-refractivity contribution >= 4 is 11.7 Å². The highest BCUT2D eigenvalue weighted by Crippen LogP contribution is 2.63. The molecule has 2 saturated carbocycles. The highest BCUT2D eigenvalue weighted by atomic mass is 16.5. The van der Waals surface area contributed by atoms with Crippen LogP contribution in [0.3, 0.4) is 0 Å². The molecule has 4 nitrogen and oxygen atoms in total. The molecule has 4 rings (SSSR count). The molecule has 0 spiro atoms. The topological polar surface area (TPSA) is 41.6 Å². The lowest BCUT2D eigenvalue weighted by atomic mass is 9.71. The van der Waals surface area contributed by atoms with E-state index >= 15 is 0 Å². The Labute approximate surface area is 131 Å². The Kier molecular flexibility index (Phi) is 3.19. The quantitative estimate of drug-likeness (QED) is 0.871. The minimum Gasteiger partial charge on any atom is -0.464 e. The number of hydrogen-bond acceptors (Lipinski definition) is 4. The van der Waals surface area contributed by atoms with Crippen LogP contribution in [0.1, 0.15) is 45.4 Å². The minimum absolute atomic E-state index is 0.0507. The van der Waals surface area contributed by atoms with Gasteiger partial charge < -0.3 is 4.74 Å². The second kappa shape index (κ2) is 4.98. The predicted octanol–water partition coefficient (Wildman–Crippen LogP) is 3.04. The standard InChI is InChI=1S/C18H24N2O2/c1-2-22-16(21)15-17-10-6-12-18(17,13-7-11-17)19-20(15)14-8-4-3-5-9-14/h3-5,8-9,15,19H,2,6-7,10-13H2,1H3. The van der Waals surface area contributed by atoms with E-state index in [-0.39, 0.29) is 23.0 Å². The summed E-state index contributed by atoms with van der Waals surface area (Å²) in [5, 5.41) is 2.11. The molecule has 22 heavy (non-hydrogen) atoms. The van der Waals surface area contributed by atoms with Crippen molar-refractivity contribution in [3.63, 3.8) is 0 Å². The number of benzene rings is 1. The van der Waals surface area contributed by atoms with E-state index in [1.165, 1.54) is 25.7 Å². The van der Waals surface area contributed by atoms with Gasteiger partial charge in [0.15, 0.2) is 6.04 Å². The summed E-state index contributed by atoms with van der Waals surface area (Å²) in [6, 6.07) is 10.0. The number of para-hydroxylation sites is 1. The zero-order valence-corrected chi connectivity index (χ0v) is 13.2. The van der Waals surface area contributed by atoms with Crippen LogP contribution in [-0.4, -0.2) is 24.2 Å². The molecule has 3 fully saturated rings. The first kappa shape index (κ1) is 14.1. The smallest absolute Gasteiger partial charge is 0.331 e.